The lowest BCUT2D eigenvalue weighted by atomic mass is 9.96. The van der Waals surface area contributed by atoms with Crippen LogP contribution in [0.3, 0.4) is 0 Å². The van der Waals surface area contributed by atoms with E-state index >= 15 is 0 Å². The van der Waals surface area contributed by atoms with Crippen LogP contribution < -0.4 is 0 Å². The van der Waals surface area contributed by atoms with Crippen molar-refractivity contribution in [2.24, 2.45) is 0 Å². The number of hydrogen-bond donors (Lipinski definition) is 0. The van der Waals surface area contributed by atoms with Crippen molar-refractivity contribution in [2.45, 2.75) is 0 Å². The van der Waals surface area contributed by atoms with Gasteiger partial charge in [0.15, 0.2) is 0 Å². The van der Waals surface area contributed by atoms with Crippen LogP contribution in [0, 0.1) is 0 Å². The van der Waals surface area contributed by atoms with Gasteiger partial charge in [0.1, 0.15) is 0 Å². The van der Waals surface area contributed by atoms with E-state index in [-0.39, 0.29) is 0 Å². The molecule has 0 aliphatic carbocycles. The third kappa shape index (κ3) is 2.65. The second-order valence-electron chi connectivity index (χ2n) is 7.99. The fourth-order valence-electron chi connectivity index (χ4n) is 4.68. The molecule has 0 spiro atoms. The first-order valence-electron chi connectivity index (χ1n) is 10.6. The summed E-state index contributed by atoms with van der Waals surface area (Å²) in [6.45, 7) is 0. The lowest BCUT2D eigenvalue weighted by Crippen LogP contribution is -1.86. The van der Waals surface area contributed by atoms with Gasteiger partial charge in [-0.2, -0.15) is 0 Å². The van der Waals surface area contributed by atoms with E-state index in [0.29, 0.717) is 0 Å². The smallest absolute Gasteiger partial charge is 0.0708 e. The van der Waals surface area contributed by atoms with Crippen LogP contribution in [0.5, 0.6) is 0 Å². The van der Waals surface area contributed by atoms with Crippen LogP contribution >= 0.6 is 22.7 Å². The van der Waals surface area contributed by atoms with Gasteiger partial charge in [-0.25, -0.2) is 0 Å². The summed E-state index contributed by atoms with van der Waals surface area (Å²) in [6.07, 6.45) is 1.94. The fraction of sp³-hybridized carbons (Fsp3) is 0. The molecule has 0 amide bonds. The van der Waals surface area contributed by atoms with E-state index in [0.717, 1.165) is 11.3 Å². The highest BCUT2D eigenvalue weighted by Gasteiger charge is 2.18. The third-order valence-corrected chi connectivity index (χ3v) is 8.44. The zero-order valence-corrected chi connectivity index (χ0v) is 18.7. The highest BCUT2D eigenvalue weighted by molar-refractivity contribution is 7.30. The summed E-state index contributed by atoms with van der Waals surface area (Å²) in [4.78, 5) is 4.67. The molecular weight excluding hydrogens is 426 g/mol. The molecule has 0 saturated heterocycles. The van der Waals surface area contributed by atoms with Crippen LogP contribution in [0.2, 0.25) is 0 Å². The van der Waals surface area contributed by atoms with Gasteiger partial charge in [-0.3, -0.25) is 4.98 Å². The standard InChI is InChI=1S/C29H17NS2/c1-2-8-18(9-3-1)23-16-19(14-15-30-23)22-17-26-28(21-11-5-6-12-24(21)31-26)29-27(22)20-10-4-7-13-25(20)32-29/h1-17H. The van der Waals surface area contributed by atoms with Crippen LogP contribution in [0.15, 0.2) is 103 Å². The average Bonchev–Trinajstić information content (AvgIpc) is 3.42. The first kappa shape index (κ1) is 18.1. The zero-order chi connectivity index (χ0) is 21.1. The number of pyridine rings is 1. The molecule has 0 atom stereocenters. The van der Waals surface area contributed by atoms with Gasteiger partial charge in [0.2, 0.25) is 0 Å². The maximum atomic E-state index is 4.67. The van der Waals surface area contributed by atoms with Gasteiger partial charge in [0, 0.05) is 52.1 Å². The largest absolute Gasteiger partial charge is 0.256 e. The number of hydrogen-bond acceptors (Lipinski definition) is 3. The van der Waals surface area contributed by atoms with Gasteiger partial charge < -0.3 is 0 Å². The zero-order valence-electron chi connectivity index (χ0n) is 17.1. The molecule has 0 aliphatic rings. The second kappa shape index (κ2) is 6.99. The normalized spacial score (nSPS) is 11.8. The molecule has 4 aromatic carbocycles. The molecule has 150 valence electrons. The molecule has 1 nitrogen and oxygen atoms in total. The van der Waals surface area contributed by atoms with Gasteiger partial charge in [-0.15, -0.1) is 22.7 Å². The van der Waals surface area contributed by atoms with Gasteiger partial charge >= 0.3 is 0 Å². The van der Waals surface area contributed by atoms with Crippen molar-refractivity contribution < 1.29 is 0 Å². The Morgan fingerprint density at radius 1 is 0.531 bits per heavy atom. The predicted molar refractivity (Wildman–Crippen MR) is 141 cm³/mol. The molecule has 3 aromatic heterocycles. The van der Waals surface area contributed by atoms with Crippen LogP contribution in [-0.2, 0) is 0 Å². The van der Waals surface area contributed by atoms with E-state index in [1.54, 1.807) is 0 Å². The summed E-state index contributed by atoms with van der Waals surface area (Å²) in [6, 6.07) is 34.8. The Morgan fingerprint density at radius 2 is 1.22 bits per heavy atom. The number of nitrogens with zero attached hydrogens (tertiary/aromatic N) is 1. The minimum Gasteiger partial charge on any atom is -0.256 e. The number of fused-ring (bicyclic) bond motifs is 7. The molecule has 0 N–H and O–H groups in total. The van der Waals surface area contributed by atoms with Gasteiger partial charge in [0.25, 0.3) is 0 Å². The molecule has 7 aromatic rings. The summed E-state index contributed by atoms with van der Waals surface area (Å²) in [5.74, 6) is 0. The molecule has 0 fully saturated rings. The Bertz CT molecular complexity index is 1770. The van der Waals surface area contributed by atoms with Crippen molar-refractivity contribution in [3.8, 4) is 22.4 Å². The molecule has 0 aliphatic heterocycles. The molecule has 0 saturated carbocycles. The summed E-state index contributed by atoms with van der Waals surface area (Å²) in [7, 11) is 0. The van der Waals surface area contributed by atoms with Crippen LogP contribution in [0.1, 0.15) is 0 Å². The highest BCUT2D eigenvalue weighted by Crippen LogP contribution is 2.48. The molecular formula is C29H17NS2. The molecule has 32 heavy (non-hydrogen) atoms. The minimum absolute atomic E-state index is 1.01. The van der Waals surface area contributed by atoms with Crippen molar-refractivity contribution >= 4 is 63.0 Å². The van der Waals surface area contributed by atoms with E-state index in [9.17, 15) is 0 Å². The summed E-state index contributed by atoms with van der Waals surface area (Å²) >= 11 is 3.80. The maximum absolute atomic E-state index is 4.67. The quantitative estimate of drug-likeness (QED) is 0.259. The second-order valence-corrected chi connectivity index (χ2v) is 10.1. The van der Waals surface area contributed by atoms with E-state index < -0.39 is 0 Å². The number of thiophene rings is 2. The molecule has 3 heterocycles. The van der Waals surface area contributed by atoms with E-state index in [1.807, 2.05) is 34.9 Å². The number of rotatable bonds is 2. The highest BCUT2D eigenvalue weighted by atomic mass is 32.1. The first-order valence-corrected chi connectivity index (χ1v) is 12.3. The Kier molecular flexibility index (Phi) is 3.95. The maximum Gasteiger partial charge on any atom is 0.0708 e. The SMILES string of the molecule is c1ccc(-c2cc(-c3cc4sc5ccccc5c4c4sc5ccccc5c34)ccn2)cc1. The van der Waals surface area contributed by atoms with Crippen molar-refractivity contribution in [1.82, 2.24) is 4.98 Å². The Morgan fingerprint density at radius 3 is 2.03 bits per heavy atom. The van der Waals surface area contributed by atoms with Crippen LogP contribution in [-0.4, -0.2) is 4.98 Å². The Balaban J connectivity index is 1.62. The third-order valence-electron chi connectivity index (χ3n) is 6.13. The van der Waals surface area contributed by atoms with Crippen molar-refractivity contribution in [2.75, 3.05) is 0 Å². The summed E-state index contributed by atoms with van der Waals surface area (Å²) < 4.78 is 5.41. The monoisotopic (exact) mass is 443 g/mol. The fourth-order valence-corrected chi connectivity index (χ4v) is 7.19. The van der Waals surface area contributed by atoms with Crippen LogP contribution in [0.25, 0.3) is 62.7 Å². The molecule has 0 unspecified atom stereocenters. The summed E-state index contributed by atoms with van der Waals surface area (Å²) in [5, 5.41) is 5.43. The van der Waals surface area contributed by atoms with Gasteiger partial charge in [0.05, 0.1) is 5.69 Å². The Labute approximate surface area is 193 Å². The van der Waals surface area contributed by atoms with Gasteiger partial charge in [-0.1, -0.05) is 66.7 Å². The van der Waals surface area contributed by atoms with E-state index in [2.05, 4.69) is 96.0 Å². The lowest BCUT2D eigenvalue weighted by Gasteiger charge is -2.09. The van der Waals surface area contributed by atoms with Crippen LogP contribution in [0.4, 0.5) is 0 Å². The van der Waals surface area contributed by atoms with E-state index in [4.69, 9.17) is 0 Å². The molecule has 0 bridgehead atoms. The van der Waals surface area contributed by atoms with Crippen molar-refractivity contribution in [1.29, 1.82) is 0 Å². The number of aromatic nitrogens is 1. The molecule has 0 radical (unpaired) electrons. The number of benzene rings is 4. The molecule has 3 heteroatoms. The van der Waals surface area contributed by atoms with Gasteiger partial charge in [-0.05, 0) is 41.5 Å². The van der Waals surface area contributed by atoms with E-state index in [1.165, 1.54) is 51.5 Å². The summed E-state index contributed by atoms with van der Waals surface area (Å²) in [5.41, 5.74) is 4.65. The Hall–Kier alpha value is -3.53. The van der Waals surface area contributed by atoms with Crippen molar-refractivity contribution in [3.05, 3.63) is 103 Å². The molecule has 7 rings (SSSR count). The first-order chi connectivity index (χ1) is 15.9. The lowest BCUT2D eigenvalue weighted by molar-refractivity contribution is 1.33. The van der Waals surface area contributed by atoms with Crippen molar-refractivity contribution in [3.63, 3.8) is 0 Å². The average molecular weight is 444 g/mol. The topological polar surface area (TPSA) is 12.9 Å². The minimum atomic E-state index is 1.01. The predicted octanol–water partition coefficient (Wildman–Crippen LogP) is 9.15.